The summed E-state index contributed by atoms with van der Waals surface area (Å²) in [6.45, 7) is 4.09. The van der Waals surface area contributed by atoms with Gasteiger partial charge in [-0.05, 0) is 37.0 Å². The topological polar surface area (TPSA) is 74.6 Å². The molecule has 4 heteroatoms. The van der Waals surface area contributed by atoms with Gasteiger partial charge in [0.25, 0.3) is 0 Å². The molecule has 146 valence electrons. The van der Waals surface area contributed by atoms with E-state index in [1.54, 1.807) is 6.07 Å². The molecule has 0 saturated heterocycles. The van der Waals surface area contributed by atoms with Crippen LogP contribution in [0.5, 0.6) is 0 Å². The molecule has 0 unspecified atom stereocenters. The van der Waals surface area contributed by atoms with Crippen LogP contribution < -0.4 is 0 Å². The number of unbranched alkanes of at least 4 members (excludes halogenated alkanes) is 10. The summed E-state index contributed by atoms with van der Waals surface area (Å²) < 4.78 is 0. The largest absolute Gasteiger partial charge is 0.478 e. The second kappa shape index (κ2) is 12.5. The van der Waals surface area contributed by atoms with E-state index in [0.717, 1.165) is 24.8 Å². The Morgan fingerprint density at radius 2 is 1.27 bits per heavy atom. The first-order chi connectivity index (χ1) is 12.5. The number of carboxylic acid groups (broad SMARTS) is 2. The molecule has 1 aromatic rings. The van der Waals surface area contributed by atoms with E-state index in [0.29, 0.717) is 12.0 Å². The predicted octanol–water partition coefficient (Wildman–Crippen LogP) is 6.24. The van der Waals surface area contributed by atoms with Gasteiger partial charge in [-0.1, -0.05) is 77.2 Å². The molecule has 0 bridgehead atoms. The summed E-state index contributed by atoms with van der Waals surface area (Å²) in [4.78, 5) is 22.8. The molecule has 0 aromatic heterocycles. The lowest BCUT2D eigenvalue weighted by atomic mass is 9.92. The number of rotatable bonds is 14. The Balaban J connectivity index is 2.36. The lowest BCUT2D eigenvalue weighted by molar-refractivity contribution is 0.0650. The molecule has 0 saturated carbocycles. The smallest absolute Gasteiger partial charge is 0.336 e. The summed E-state index contributed by atoms with van der Waals surface area (Å²) in [7, 11) is 0. The highest BCUT2D eigenvalue weighted by Gasteiger charge is 2.21. The van der Waals surface area contributed by atoms with Crippen molar-refractivity contribution >= 4 is 11.9 Å². The van der Waals surface area contributed by atoms with E-state index < -0.39 is 11.9 Å². The van der Waals surface area contributed by atoms with E-state index in [2.05, 4.69) is 6.92 Å². The van der Waals surface area contributed by atoms with E-state index in [4.69, 9.17) is 0 Å². The molecule has 2 N–H and O–H groups in total. The van der Waals surface area contributed by atoms with Crippen molar-refractivity contribution < 1.29 is 19.8 Å². The van der Waals surface area contributed by atoms with Crippen LogP contribution in [0.4, 0.5) is 0 Å². The first-order valence-electron chi connectivity index (χ1n) is 10.1. The van der Waals surface area contributed by atoms with E-state index in [1.165, 1.54) is 57.4 Å². The quantitative estimate of drug-likeness (QED) is 0.384. The van der Waals surface area contributed by atoms with Crippen LogP contribution in [-0.2, 0) is 6.42 Å². The molecule has 0 radical (unpaired) electrons. The molecule has 0 spiro atoms. The molecule has 26 heavy (non-hydrogen) atoms. The highest BCUT2D eigenvalue weighted by Crippen LogP contribution is 2.22. The van der Waals surface area contributed by atoms with Crippen LogP contribution in [-0.4, -0.2) is 22.2 Å². The second-order valence-corrected chi connectivity index (χ2v) is 7.18. The maximum absolute atomic E-state index is 11.5. The number of carboxylic acids is 2. The molecule has 0 aliphatic heterocycles. The average Bonchev–Trinajstić information content (AvgIpc) is 2.60. The molecule has 0 aliphatic rings. The summed E-state index contributed by atoms with van der Waals surface area (Å²) in [6.07, 6.45) is 14.3. The van der Waals surface area contributed by atoms with E-state index in [9.17, 15) is 19.8 Å². The van der Waals surface area contributed by atoms with Crippen LogP contribution in [0.1, 0.15) is 109 Å². The van der Waals surface area contributed by atoms with Gasteiger partial charge in [0.2, 0.25) is 0 Å². The molecular formula is C22H34O4. The second-order valence-electron chi connectivity index (χ2n) is 7.18. The Hall–Kier alpha value is -1.84. The molecule has 1 aromatic carbocycles. The number of hydrogen-bond donors (Lipinski definition) is 2. The maximum Gasteiger partial charge on any atom is 0.336 e. The Kier molecular flexibility index (Phi) is 10.7. The third-order valence-corrected chi connectivity index (χ3v) is 5.02. The average molecular weight is 363 g/mol. The van der Waals surface area contributed by atoms with Gasteiger partial charge in [0, 0.05) is 0 Å². The lowest BCUT2D eigenvalue weighted by Crippen LogP contribution is -2.13. The zero-order chi connectivity index (χ0) is 19.4. The van der Waals surface area contributed by atoms with Crippen LogP contribution in [0.3, 0.4) is 0 Å². The summed E-state index contributed by atoms with van der Waals surface area (Å²) in [6, 6.07) is 3.11. The highest BCUT2D eigenvalue weighted by molar-refractivity contribution is 6.03. The maximum atomic E-state index is 11.5. The van der Waals surface area contributed by atoms with Crippen LogP contribution in [0.15, 0.2) is 12.1 Å². The summed E-state index contributed by atoms with van der Waals surface area (Å²) in [5, 5.41) is 18.7. The molecule has 0 fully saturated rings. The van der Waals surface area contributed by atoms with Crippen molar-refractivity contribution in [2.24, 2.45) is 0 Å². The van der Waals surface area contributed by atoms with Crippen molar-refractivity contribution in [2.45, 2.75) is 90.9 Å². The predicted molar refractivity (Wildman–Crippen MR) is 105 cm³/mol. The molecule has 0 aliphatic carbocycles. The number of hydrogen-bond acceptors (Lipinski definition) is 2. The van der Waals surface area contributed by atoms with Gasteiger partial charge < -0.3 is 10.2 Å². The SMILES string of the molecule is CCCCCCCCCCCCCc1c(C)ccc(C(=O)O)c1C(=O)O. The standard InChI is InChI=1S/C22H34O4/c1-3-4-5-6-7-8-9-10-11-12-13-14-18-17(2)15-16-19(21(23)24)20(18)22(25)26/h15-16H,3-14H2,1-2H3,(H,23,24)(H,25,26). The van der Waals surface area contributed by atoms with Gasteiger partial charge in [0.05, 0.1) is 11.1 Å². The number of aromatic carboxylic acids is 2. The number of carbonyl (C=O) groups is 2. The zero-order valence-electron chi connectivity index (χ0n) is 16.4. The normalized spacial score (nSPS) is 10.8. The monoisotopic (exact) mass is 362 g/mol. The van der Waals surface area contributed by atoms with Crippen molar-refractivity contribution in [3.8, 4) is 0 Å². The fourth-order valence-electron chi connectivity index (χ4n) is 3.46. The minimum atomic E-state index is -1.18. The molecular weight excluding hydrogens is 328 g/mol. The van der Waals surface area contributed by atoms with Crippen LogP contribution >= 0.6 is 0 Å². The van der Waals surface area contributed by atoms with Gasteiger partial charge in [0.1, 0.15) is 0 Å². The fraction of sp³-hybridized carbons (Fsp3) is 0.636. The lowest BCUT2D eigenvalue weighted by Gasteiger charge is -2.12. The van der Waals surface area contributed by atoms with Gasteiger partial charge in [-0.2, -0.15) is 0 Å². The zero-order valence-corrected chi connectivity index (χ0v) is 16.4. The fourth-order valence-corrected chi connectivity index (χ4v) is 3.46. The number of benzene rings is 1. The van der Waals surface area contributed by atoms with Gasteiger partial charge in [0.15, 0.2) is 0 Å². The van der Waals surface area contributed by atoms with Gasteiger partial charge in [-0.15, -0.1) is 0 Å². The molecule has 0 heterocycles. The molecule has 0 atom stereocenters. The van der Waals surface area contributed by atoms with Gasteiger partial charge >= 0.3 is 11.9 Å². The van der Waals surface area contributed by atoms with Gasteiger partial charge in [-0.25, -0.2) is 9.59 Å². The summed E-state index contributed by atoms with van der Waals surface area (Å²) in [5.74, 6) is -2.33. The van der Waals surface area contributed by atoms with Crippen molar-refractivity contribution in [3.63, 3.8) is 0 Å². The van der Waals surface area contributed by atoms with Crippen molar-refractivity contribution in [1.29, 1.82) is 0 Å². The minimum Gasteiger partial charge on any atom is -0.478 e. The van der Waals surface area contributed by atoms with Crippen LogP contribution in [0.25, 0.3) is 0 Å². The van der Waals surface area contributed by atoms with Crippen LogP contribution in [0.2, 0.25) is 0 Å². The van der Waals surface area contributed by atoms with Crippen molar-refractivity contribution in [1.82, 2.24) is 0 Å². The Morgan fingerprint density at radius 1 is 0.769 bits per heavy atom. The third kappa shape index (κ3) is 7.59. The Bertz CT molecular complexity index is 578. The summed E-state index contributed by atoms with van der Waals surface area (Å²) in [5.41, 5.74) is 1.39. The highest BCUT2D eigenvalue weighted by atomic mass is 16.4. The third-order valence-electron chi connectivity index (χ3n) is 5.02. The van der Waals surface area contributed by atoms with Gasteiger partial charge in [-0.3, -0.25) is 0 Å². The number of aryl methyl sites for hydroxylation is 1. The van der Waals surface area contributed by atoms with E-state index in [1.807, 2.05) is 6.92 Å². The Morgan fingerprint density at radius 3 is 1.73 bits per heavy atom. The Labute approximate surface area is 157 Å². The van der Waals surface area contributed by atoms with E-state index >= 15 is 0 Å². The first-order valence-corrected chi connectivity index (χ1v) is 10.1. The molecule has 4 nitrogen and oxygen atoms in total. The first kappa shape index (κ1) is 22.2. The summed E-state index contributed by atoms with van der Waals surface area (Å²) >= 11 is 0. The minimum absolute atomic E-state index is 0.0374. The van der Waals surface area contributed by atoms with Crippen LogP contribution in [0, 0.1) is 6.92 Å². The van der Waals surface area contributed by atoms with Crippen molar-refractivity contribution in [2.75, 3.05) is 0 Å². The molecule has 1 rings (SSSR count). The van der Waals surface area contributed by atoms with E-state index in [-0.39, 0.29) is 11.1 Å². The molecule has 0 amide bonds. The van der Waals surface area contributed by atoms with Crippen molar-refractivity contribution in [3.05, 3.63) is 34.4 Å².